The second-order valence-electron chi connectivity index (χ2n) is 3.81. The fraction of sp³-hybridized carbons (Fsp3) is 0.500. The van der Waals surface area contributed by atoms with Crippen LogP contribution in [0.15, 0.2) is 24.3 Å². The van der Waals surface area contributed by atoms with Crippen molar-refractivity contribution in [2.24, 2.45) is 0 Å². The van der Waals surface area contributed by atoms with Gasteiger partial charge in [-0.05, 0) is 24.0 Å². The number of hydrogen-bond acceptors (Lipinski definition) is 1. The van der Waals surface area contributed by atoms with E-state index in [9.17, 15) is 4.79 Å². The highest BCUT2D eigenvalue weighted by Gasteiger charge is 2.15. The van der Waals surface area contributed by atoms with Gasteiger partial charge in [-0.25, -0.2) is 0 Å². The summed E-state index contributed by atoms with van der Waals surface area (Å²) in [4.78, 5) is 13.2. The normalized spacial score (nSPS) is 14.3. The Balaban J connectivity index is 0.000000606. The zero-order valence-corrected chi connectivity index (χ0v) is 10.5. The lowest BCUT2D eigenvalue weighted by Gasteiger charge is -2.18. The van der Waals surface area contributed by atoms with Crippen LogP contribution in [0.2, 0.25) is 0 Å². The number of hydrogen-bond donors (Lipinski definition) is 0. The van der Waals surface area contributed by atoms with Gasteiger partial charge in [-0.15, -0.1) is 0 Å². The first-order valence-corrected chi connectivity index (χ1v) is 6.09. The lowest BCUT2D eigenvalue weighted by Crippen LogP contribution is -2.28. The Morgan fingerprint density at radius 1 is 1.19 bits per heavy atom. The maximum atomic E-state index is 11.3. The van der Waals surface area contributed by atoms with Crippen LogP contribution in [-0.2, 0) is 17.8 Å². The molecule has 0 bridgehead atoms. The largest absolute Gasteiger partial charge is 0.339 e. The van der Waals surface area contributed by atoms with Crippen LogP contribution in [0.25, 0.3) is 0 Å². The minimum Gasteiger partial charge on any atom is -0.339 e. The summed E-state index contributed by atoms with van der Waals surface area (Å²) in [5.41, 5.74) is 2.71. The summed E-state index contributed by atoms with van der Waals surface area (Å²) in [7, 11) is 0. The summed E-state index contributed by atoms with van der Waals surface area (Å²) >= 11 is 0. The van der Waals surface area contributed by atoms with Crippen molar-refractivity contribution < 1.29 is 4.79 Å². The molecular formula is C14H21NO. The zero-order chi connectivity index (χ0) is 12.0. The number of carbonyl (C=O) groups is 1. The lowest BCUT2D eigenvalue weighted by atomic mass is 10.0. The van der Waals surface area contributed by atoms with Gasteiger partial charge in [-0.3, -0.25) is 4.79 Å². The van der Waals surface area contributed by atoms with Crippen molar-refractivity contribution in [2.45, 2.75) is 40.2 Å². The van der Waals surface area contributed by atoms with E-state index in [1.54, 1.807) is 6.92 Å². The van der Waals surface area contributed by atoms with Gasteiger partial charge < -0.3 is 4.90 Å². The van der Waals surface area contributed by atoms with Gasteiger partial charge in [0.1, 0.15) is 0 Å². The molecule has 1 aliphatic rings. The third-order valence-corrected chi connectivity index (χ3v) is 2.80. The smallest absolute Gasteiger partial charge is 0.219 e. The molecule has 1 aliphatic heterocycles. The van der Waals surface area contributed by atoms with Gasteiger partial charge in [-0.2, -0.15) is 0 Å². The predicted octanol–water partition coefficient (Wildman–Crippen LogP) is 3.01. The van der Waals surface area contributed by atoms with Crippen molar-refractivity contribution in [1.29, 1.82) is 0 Å². The number of rotatable bonds is 0. The summed E-state index contributed by atoms with van der Waals surface area (Å²) in [5.74, 6) is 0.182. The lowest BCUT2D eigenvalue weighted by molar-refractivity contribution is -0.129. The van der Waals surface area contributed by atoms with Crippen molar-refractivity contribution in [3.8, 4) is 0 Å². The fourth-order valence-corrected chi connectivity index (χ4v) is 1.97. The molecule has 0 fully saturated rings. The van der Waals surface area contributed by atoms with Crippen LogP contribution in [0, 0.1) is 0 Å². The second-order valence-corrected chi connectivity index (χ2v) is 3.81. The first kappa shape index (κ1) is 12.8. The van der Waals surface area contributed by atoms with E-state index in [0.29, 0.717) is 0 Å². The van der Waals surface area contributed by atoms with Gasteiger partial charge in [-0.1, -0.05) is 38.1 Å². The number of nitrogens with zero attached hydrogens (tertiary/aromatic N) is 1. The van der Waals surface area contributed by atoms with Gasteiger partial charge >= 0.3 is 0 Å². The Morgan fingerprint density at radius 3 is 2.44 bits per heavy atom. The quantitative estimate of drug-likeness (QED) is 0.657. The van der Waals surface area contributed by atoms with Crippen molar-refractivity contribution in [3.63, 3.8) is 0 Å². The molecule has 0 spiro atoms. The van der Waals surface area contributed by atoms with E-state index < -0.39 is 0 Å². The number of fused-ring (bicyclic) bond motifs is 1. The van der Waals surface area contributed by atoms with Crippen LogP contribution >= 0.6 is 0 Å². The number of benzene rings is 1. The van der Waals surface area contributed by atoms with Crippen LogP contribution < -0.4 is 0 Å². The molecule has 0 aliphatic carbocycles. The molecule has 1 heterocycles. The molecule has 0 aromatic heterocycles. The van der Waals surface area contributed by atoms with Crippen molar-refractivity contribution in [3.05, 3.63) is 35.4 Å². The average Bonchev–Trinajstić information content (AvgIpc) is 2.53. The van der Waals surface area contributed by atoms with Crippen molar-refractivity contribution in [2.75, 3.05) is 6.54 Å². The molecule has 1 aromatic carbocycles. The van der Waals surface area contributed by atoms with Crippen LogP contribution in [0.1, 0.15) is 38.3 Å². The van der Waals surface area contributed by atoms with Crippen LogP contribution in [0.3, 0.4) is 0 Å². The van der Waals surface area contributed by atoms with E-state index in [2.05, 4.69) is 18.2 Å². The van der Waals surface area contributed by atoms with Gasteiger partial charge in [0.05, 0.1) is 0 Å². The Bertz CT molecular complexity index is 346. The molecule has 88 valence electrons. The van der Waals surface area contributed by atoms with Gasteiger partial charge in [0.15, 0.2) is 0 Å². The highest BCUT2D eigenvalue weighted by Crippen LogP contribution is 2.18. The Labute approximate surface area is 98.3 Å². The third kappa shape index (κ3) is 3.09. The van der Waals surface area contributed by atoms with E-state index in [1.165, 1.54) is 11.1 Å². The van der Waals surface area contributed by atoms with E-state index >= 15 is 0 Å². The van der Waals surface area contributed by atoms with E-state index in [-0.39, 0.29) is 5.91 Å². The predicted molar refractivity (Wildman–Crippen MR) is 67.2 cm³/mol. The monoisotopic (exact) mass is 219 g/mol. The minimum absolute atomic E-state index is 0.182. The minimum atomic E-state index is 0.182. The standard InChI is InChI=1S/C12H15NO.C2H6/c1-10(14)13-8-4-7-11-5-2-3-6-12(11)9-13;1-2/h2-3,5-6H,4,7-9H2,1H3;1-2H3. The molecule has 0 N–H and O–H groups in total. The van der Waals surface area contributed by atoms with E-state index in [1.807, 2.05) is 24.8 Å². The number of aryl methyl sites for hydroxylation is 1. The average molecular weight is 219 g/mol. The summed E-state index contributed by atoms with van der Waals surface area (Å²) in [5, 5.41) is 0. The van der Waals surface area contributed by atoms with Gasteiger partial charge in [0.25, 0.3) is 0 Å². The molecule has 2 heteroatoms. The maximum absolute atomic E-state index is 11.3. The molecule has 16 heavy (non-hydrogen) atoms. The number of carbonyl (C=O) groups excluding carboxylic acids is 1. The summed E-state index contributed by atoms with van der Waals surface area (Å²) in [6, 6.07) is 8.40. The maximum Gasteiger partial charge on any atom is 0.219 e. The molecule has 2 nitrogen and oxygen atoms in total. The molecule has 0 saturated carbocycles. The first-order valence-electron chi connectivity index (χ1n) is 6.09. The Hall–Kier alpha value is -1.31. The van der Waals surface area contributed by atoms with Gasteiger partial charge in [0, 0.05) is 20.0 Å². The highest BCUT2D eigenvalue weighted by molar-refractivity contribution is 5.73. The molecule has 0 saturated heterocycles. The summed E-state index contributed by atoms with van der Waals surface area (Å²) in [6.45, 7) is 7.32. The Morgan fingerprint density at radius 2 is 1.81 bits per heavy atom. The molecule has 0 unspecified atom stereocenters. The summed E-state index contributed by atoms with van der Waals surface area (Å²) < 4.78 is 0. The topological polar surface area (TPSA) is 20.3 Å². The highest BCUT2D eigenvalue weighted by atomic mass is 16.2. The van der Waals surface area contributed by atoms with E-state index in [0.717, 1.165) is 25.9 Å². The first-order chi connectivity index (χ1) is 7.77. The third-order valence-electron chi connectivity index (χ3n) is 2.80. The van der Waals surface area contributed by atoms with Crippen LogP contribution in [-0.4, -0.2) is 17.4 Å². The molecular weight excluding hydrogens is 198 g/mol. The van der Waals surface area contributed by atoms with Crippen LogP contribution in [0.4, 0.5) is 0 Å². The summed E-state index contributed by atoms with van der Waals surface area (Å²) in [6.07, 6.45) is 2.18. The molecule has 2 rings (SSSR count). The Kier molecular flexibility index (Phi) is 5.03. The molecule has 1 amide bonds. The molecule has 0 radical (unpaired) electrons. The van der Waals surface area contributed by atoms with Gasteiger partial charge in [0.2, 0.25) is 5.91 Å². The van der Waals surface area contributed by atoms with Crippen molar-refractivity contribution >= 4 is 5.91 Å². The van der Waals surface area contributed by atoms with Crippen molar-refractivity contribution in [1.82, 2.24) is 4.90 Å². The number of amides is 1. The second kappa shape index (κ2) is 6.31. The SMILES string of the molecule is CC.CC(=O)N1CCCc2ccccc2C1. The zero-order valence-electron chi connectivity index (χ0n) is 10.5. The molecule has 1 aromatic rings. The molecule has 0 atom stereocenters. The fourth-order valence-electron chi connectivity index (χ4n) is 1.97. The van der Waals surface area contributed by atoms with E-state index in [4.69, 9.17) is 0 Å². The van der Waals surface area contributed by atoms with Crippen LogP contribution in [0.5, 0.6) is 0 Å².